The Hall–Kier alpha value is -2.73. The van der Waals surface area contributed by atoms with Crippen molar-refractivity contribution in [3.8, 4) is 0 Å². The molecule has 6 nitrogen and oxygen atoms in total. The van der Waals surface area contributed by atoms with Crippen LogP contribution in [0.15, 0.2) is 42.6 Å². The standard InChI is InChI=1S/C18H21N5O/c1-22(11-7-10-14-8-5-4-6-9-14)17-15-12-19-23(2)18(15)21-16(20-17)13-24-3/h4-10,12H,11,13H2,1-3H3/b10-7+. The van der Waals surface area contributed by atoms with Crippen molar-refractivity contribution in [3.63, 3.8) is 0 Å². The SMILES string of the molecule is COCc1nc(N(C)C/C=C/c2ccccc2)c2cnn(C)c2n1. The third-order valence-corrected chi connectivity index (χ3v) is 3.74. The highest BCUT2D eigenvalue weighted by atomic mass is 16.5. The highest BCUT2D eigenvalue weighted by Crippen LogP contribution is 2.22. The Labute approximate surface area is 141 Å². The van der Waals surface area contributed by atoms with Gasteiger partial charge in [0.25, 0.3) is 0 Å². The van der Waals surface area contributed by atoms with Gasteiger partial charge in [0.05, 0.1) is 11.6 Å². The average Bonchev–Trinajstić information content (AvgIpc) is 2.97. The van der Waals surface area contributed by atoms with Crippen LogP contribution < -0.4 is 4.90 Å². The van der Waals surface area contributed by atoms with Gasteiger partial charge in [-0.2, -0.15) is 5.10 Å². The van der Waals surface area contributed by atoms with Crippen LogP contribution in [-0.2, 0) is 18.4 Å². The highest BCUT2D eigenvalue weighted by Gasteiger charge is 2.14. The normalized spacial score (nSPS) is 11.5. The molecular formula is C18H21N5O. The Balaban J connectivity index is 1.85. The predicted octanol–water partition coefficient (Wildman–Crippen LogP) is 2.66. The zero-order chi connectivity index (χ0) is 16.9. The fourth-order valence-corrected chi connectivity index (χ4v) is 2.53. The van der Waals surface area contributed by atoms with Gasteiger partial charge in [0.2, 0.25) is 0 Å². The first-order valence-corrected chi connectivity index (χ1v) is 7.79. The lowest BCUT2D eigenvalue weighted by molar-refractivity contribution is 0.178. The Morgan fingerprint density at radius 1 is 1.21 bits per heavy atom. The molecule has 2 heterocycles. The summed E-state index contributed by atoms with van der Waals surface area (Å²) in [5.41, 5.74) is 1.99. The molecule has 124 valence electrons. The van der Waals surface area contributed by atoms with Gasteiger partial charge in [0.1, 0.15) is 12.4 Å². The fourth-order valence-electron chi connectivity index (χ4n) is 2.53. The van der Waals surface area contributed by atoms with E-state index < -0.39 is 0 Å². The second-order valence-electron chi connectivity index (χ2n) is 5.60. The molecule has 0 aliphatic carbocycles. The summed E-state index contributed by atoms with van der Waals surface area (Å²) in [4.78, 5) is 11.2. The van der Waals surface area contributed by atoms with E-state index in [4.69, 9.17) is 4.74 Å². The number of aryl methyl sites for hydroxylation is 1. The highest BCUT2D eigenvalue weighted by molar-refractivity contribution is 5.86. The number of ether oxygens (including phenoxy) is 1. The van der Waals surface area contributed by atoms with E-state index in [0.29, 0.717) is 12.4 Å². The average molecular weight is 323 g/mol. The number of aromatic nitrogens is 4. The first-order chi connectivity index (χ1) is 11.7. The molecule has 0 N–H and O–H groups in total. The van der Waals surface area contributed by atoms with Crippen LogP contribution in [-0.4, -0.2) is 40.5 Å². The van der Waals surface area contributed by atoms with Crippen LogP contribution in [0, 0.1) is 0 Å². The van der Waals surface area contributed by atoms with Gasteiger partial charge in [-0.15, -0.1) is 0 Å². The Kier molecular flexibility index (Phi) is 4.86. The number of benzene rings is 1. The number of methoxy groups -OCH3 is 1. The molecule has 0 saturated carbocycles. The van der Waals surface area contributed by atoms with Gasteiger partial charge in [-0.1, -0.05) is 42.5 Å². The molecule has 1 aromatic carbocycles. The summed E-state index contributed by atoms with van der Waals surface area (Å²) in [6.07, 6.45) is 6.03. The first kappa shape index (κ1) is 16.1. The van der Waals surface area contributed by atoms with Crippen LogP contribution >= 0.6 is 0 Å². The zero-order valence-corrected chi connectivity index (χ0v) is 14.2. The lowest BCUT2D eigenvalue weighted by Crippen LogP contribution is -2.19. The summed E-state index contributed by atoms with van der Waals surface area (Å²) >= 11 is 0. The quantitative estimate of drug-likeness (QED) is 0.698. The molecule has 3 rings (SSSR count). The summed E-state index contributed by atoms with van der Waals surface area (Å²) < 4.78 is 6.94. The van der Waals surface area contributed by atoms with E-state index >= 15 is 0 Å². The molecule has 0 unspecified atom stereocenters. The van der Waals surface area contributed by atoms with Crippen LogP contribution in [0.3, 0.4) is 0 Å². The van der Waals surface area contributed by atoms with E-state index in [1.165, 1.54) is 5.56 Å². The lowest BCUT2D eigenvalue weighted by atomic mass is 10.2. The molecular weight excluding hydrogens is 302 g/mol. The van der Waals surface area contributed by atoms with Crippen LogP contribution in [0.25, 0.3) is 17.1 Å². The van der Waals surface area contributed by atoms with Gasteiger partial charge in [0, 0.05) is 27.7 Å². The van der Waals surface area contributed by atoms with Gasteiger partial charge in [-0.25, -0.2) is 9.97 Å². The van der Waals surface area contributed by atoms with Crippen LogP contribution in [0.5, 0.6) is 0 Å². The van der Waals surface area contributed by atoms with Crippen molar-refractivity contribution < 1.29 is 4.74 Å². The number of rotatable bonds is 6. The van der Waals surface area contributed by atoms with Crippen LogP contribution in [0.4, 0.5) is 5.82 Å². The topological polar surface area (TPSA) is 56.1 Å². The molecule has 0 aliphatic heterocycles. The van der Waals surface area contributed by atoms with Crippen LogP contribution in [0.2, 0.25) is 0 Å². The molecule has 0 atom stereocenters. The maximum atomic E-state index is 5.18. The van der Waals surface area contributed by atoms with Crippen molar-refractivity contribution in [1.29, 1.82) is 0 Å². The van der Waals surface area contributed by atoms with Crippen molar-refractivity contribution in [2.75, 3.05) is 25.6 Å². The number of hydrogen-bond acceptors (Lipinski definition) is 5. The summed E-state index contributed by atoms with van der Waals surface area (Å²) in [6.45, 7) is 1.12. The molecule has 24 heavy (non-hydrogen) atoms. The number of likely N-dealkylation sites (N-methyl/N-ethyl adjacent to an activating group) is 1. The third kappa shape index (κ3) is 3.44. The van der Waals surface area contributed by atoms with E-state index in [2.05, 4.69) is 44.3 Å². The minimum absolute atomic E-state index is 0.377. The van der Waals surface area contributed by atoms with E-state index in [1.807, 2.05) is 32.3 Å². The number of anilines is 1. The molecule has 2 aromatic heterocycles. The molecule has 6 heteroatoms. The predicted molar refractivity (Wildman–Crippen MR) is 95.8 cm³/mol. The monoisotopic (exact) mass is 323 g/mol. The van der Waals surface area contributed by atoms with Crippen molar-refractivity contribution in [2.45, 2.75) is 6.61 Å². The molecule has 0 fully saturated rings. The summed E-state index contributed by atoms with van der Waals surface area (Å²) in [6, 6.07) is 10.2. The maximum absolute atomic E-state index is 5.18. The van der Waals surface area contributed by atoms with Crippen molar-refractivity contribution in [1.82, 2.24) is 19.7 Å². The Morgan fingerprint density at radius 3 is 2.75 bits per heavy atom. The molecule has 0 amide bonds. The molecule has 0 saturated heterocycles. The summed E-state index contributed by atoms with van der Waals surface area (Å²) in [5, 5.41) is 5.23. The largest absolute Gasteiger partial charge is 0.377 e. The zero-order valence-electron chi connectivity index (χ0n) is 14.2. The fraction of sp³-hybridized carbons (Fsp3) is 0.278. The lowest BCUT2D eigenvalue weighted by Gasteiger charge is -2.17. The van der Waals surface area contributed by atoms with Gasteiger partial charge >= 0.3 is 0 Å². The molecule has 0 aliphatic rings. The minimum Gasteiger partial charge on any atom is -0.377 e. The summed E-state index contributed by atoms with van der Waals surface area (Å²) in [7, 11) is 5.54. The second kappa shape index (κ2) is 7.23. The minimum atomic E-state index is 0.377. The van der Waals surface area contributed by atoms with Gasteiger partial charge in [-0.3, -0.25) is 4.68 Å². The molecule has 0 bridgehead atoms. The maximum Gasteiger partial charge on any atom is 0.163 e. The van der Waals surface area contributed by atoms with E-state index in [-0.39, 0.29) is 0 Å². The first-order valence-electron chi connectivity index (χ1n) is 7.79. The van der Waals surface area contributed by atoms with Gasteiger partial charge < -0.3 is 9.64 Å². The number of fused-ring (bicyclic) bond motifs is 1. The molecule has 0 spiro atoms. The number of nitrogens with zero attached hydrogens (tertiary/aromatic N) is 5. The molecule has 0 radical (unpaired) electrons. The number of hydrogen-bond donors (Lipinski definition) is 0. The van der Waals surface area contributed by atoms with Gasteiger partial charge in [-0.05, 0) is 5.56 Å². The Morgan fingerprint density at radius 2 is 2.00 bits per heavy atom. The third-order valence-electron chi connectivity index (χ3n) is 3.74. The van der Waals surface area contributed by atoms with Crippen LogP contribution in [0.1, 0.15) is 11.4 Å². The van der Waals surface area contributed by atoms with Crippen molar-refractivity contribution in [3.05, 3.63) is 54.0 Å². The second-order valence-corrected chi connectivity index (χ2v) is 5.60. The smallest absolute Gasteiger partial charge is 0.163 e. The van der Waals surface area contributed by atoms with Crippen molar-refractivity contribution >= 4 is 22.9 Å². The van der Waals surface area contributed by atoms with E-state index in [0.717, 1.165) is 23.4 Å². The van der Waals surface area contributed by atoms with Gasteiger partial charge in [0.15, 0.2) is 11.5 Å². The summed E-state index contributed by atoms with van der Waals surface area (Å²) in [5.74, 6) is 1.51. The molecule has 3 aromatic rings. The van der Waals surface area contributed by atoms with E-state index in [1.54, 1.807) is 18.0 Å². The van der Waals surface area contributed by atoms with E-state index in [9.17, 15) is 0 Å². The Bertz CT molecular complexity index is 841. The van der Waals surface area contributed by atoms with Crippen molar-refractivity contribution in [2.24, 2.45) is 7.05 Å².